The van der Waals surface area contributed by atoms with Crippen LogP contribution in [0.25, 0.3) is 0 Å². The summed E-state index contributed by atoms with van der Waals surface area (Å²) in [5.41, 5.74) is 0. The van der Waals surface area contributed by atoms with Crippen LogP contribution in [0.15, 0.2) is 0 Å². The molecule has 1 aliphatic rings. The van der Waals surface area contributed by atoms with E-state index in [9.17, 15) is 8.42 Å². The average molecular weight is 242 g/mol. The highest BCUT2D eigenvalue weighted by Crippen LogP contribution is 2.20. The van der Waals surface area contributed by atoms with Gasteiger partial charge >= 0.3 is 0 Å². The summed E-state index contributed by atoms with van der Waals surface area (Å²) >= 11 is 5.79. The number of nitrogens with zero attached hydrogens (tertiary/aromatic N) is 1. The van der Waals surface area contributed by atoms with Crippen molar-refractivity contribution in [2.24, 2.45) is 11.1 Å². The largest absolute Gasteiger partial charge is 0.274 e. The standard InChI is InChI=1S/C7H16ClN3O2S/c8-11-5-2-7(3-6-11)1-4-10-14(9,12)13/h7,10H,1-6H2,(H2,9,12,13). The lowest BCUT2D eigenvalue weighted by atomic mass is 9.95. The molecule has 0 unspecified atom stereocenters. The van der Waals surface area contributed by atoms with E-state index in [1.54, 1.807) is 4.42 Å². The molecule has 0 radical (unpaired) electrons. The highest BCUT2D eigenvalue weighted by molar-refractivity contribution is 7.87. The van der Waals surface area contributed by atoms with Gasteiger partial charge < -0.3 is 0 Å². The van der Waals surface area contributed by atoms with Crippen LogP contribution in [-0.2, 0) is 10.2 Å². The van der Waals surface area contributed by atoms with Gasteiger partial charge in [0.15, 0.2) is 0 Å². The van der Waals surface area contributed by atoms with Crippen LogP contribution in [0, 0.1) is 5.92 Å². The number of nitrogens with two attached hydrogens (primary N) is 1. The Labute approximate surface area is 89.9 Å². The summed E-state index contributed by atoms with van der Waals surface area (Å²) in [6.45, 7) is 2.18. The minimum atomic E-state index is -3.52. The van der Waals surface area contributed by atoms with Crippen molar-refractivity contribution in [2.45, 2.75) is 19.3 Å². The molecule has 1 aliphatic heterocycles. The van der Waals surface area contributed by atoms with Gasteiger partial charge in [0.2, 0.25) is 0 Å². The molecule has 3 N–H and O–H groups in total. The van der Waals surface area contributed by atoms with E-state index in [1.165, 1.54) is 0 Å². The molecule has 5 nitrogen and oxygen atoms in total. The summed E-state index contributed by atoms with van der Waals surface area (Å²) < 4.78 is 25.2. The third-order valence-corrected chi connectivity index (χ3v) is 3.36. The van der Waals surface area contributed by atoms with E-state index in [0.717, 1.165) is 32.4 Å². The normalized spacial score (nSPS) is 21.3. The van der Waals surface area contributed by atoms with Gasteiger partial charge in [-0.1, -0.05) is 0 Å². The van der Waals surface area contributed by atoms with Crippen molar-refractivity contribution in [1.29, 1.82) is 0 Å². The molecule has 1 fully saturated rings. The van der Waals surface area contributed by atoms with E-state index in [2.05, 4.69) is 4.72 Å². The second kappa shape index (κ2) is 5.27. The lowest BCUT2D eigenvalue weighted by molar-refractivity contribution is 0.273. The highest BCUT2D eigenvalue weighted by Gasteiger charge is 2.17. The maximum absolute atomic E-state index is 10.6. The topological polar surface area (TPSA) is 75.4 Å². The quantitative estimate of drug-likeness (QED) is 0.683. The maximum atomic E-state index is 10.6. The Bertz CT molecular complexity index is 262. The van der Waals surface area contributed by atoms with E-state index in [-0.39, 0.29) is 0 Å². The van der Waals surface area contributed by atoms with Gasteiger partial charge in [-0.2, -0.15) is 8.42 Å². The van der Waals surface area contributed by atoms with Crippen LogP contribution in [0.5, 0.6) is 0 Å². The molecule has 0 aromatic carbocycles. The van der Waals surface area contributed by atoms with E-state index >= 15 is 0 Å². The van der Waals surface area contributed by atoms with Crippen LogP contribution in [-0.4, -0.2) is 32.5 Å². The van der Waals surface area contributed by atoms with Crippen molar-refractivity contribution < 1.29 is 8.42 Å². The van der Waals surface area contributed by atoms with Crippen LogP contribution >= 0.6 is 11.8 Å². The number of rotatable bonds is 4. The van der Waals surface area contributed by atoms with Gasteiger partial charge in [-0.25, -0.2) is 14.3 Å². The summed E-state index contributed by atoms with van der Waals surface area (Å²) in [6.07, 6.45) is 2.88. The summed E-state index contributed by atoms with van der Waals surface area (Å²) in [7, 11) is -3.52. The van der Waals surface area contributed by atoms with Gasteiger partial charge in [-0.15, -0.1) is 0 Å². The Kier molecular flexibility index (Phi) is 4.59. The number of nitrogens with one attached hydrogen (secondary N) is 1. The number of piperidine rings is 1. The van der Waals surface area contributed by atoms with E-state index in [0.29, 0.717) is 12.5 Å². The zero-order valence-electron chi connectivity index (χ0n) is 7.95. The SMILES string of the molecule is NS(=O)(=O)NCCC1CCN(Cl)CC1. The second-order valence-electron chi connectivity index (χ2n) is 3.58. The summed E-state index contributed by atoms with van der Waals surface area (Å²) in [5, 5.41) is 4.80. The predicted molar refractivity (Wildman–Crippen MR) is 55.9 cm³/mol. The third kappa shape index (κ3) is 5.11. The van der Waals surface area contributed by atoms with Gasteiger partial charge in [0.1, 0.15) is 0 Å². The smallest absolute Gasteiger partial charge is 0.220 e. The molecule has 0 atom stereocenters. The van der Waals surface area contributed by atoms with Gasteiger partial charge in [-0.05, 0) is 37.0 Å². The van der Waals surface area contributed by atoms with Crippen LogP contribution < -0.4 is 9.86 Å². The Balaban J connectivity index is 2.14. The molecule has 1 rings (SSSR count). The molecule has 84 valence electrons. The van der Waals surface area contributed by atoms with Gasteiger partial charge in [0, 0.05) is 19.6 Å². The number of hydrogen-bond acceptors (Lipinski definition) is 3. The first-order valence-electron chi connectivity index (χ1n) is 4.65. The Morgan fingerprint density at radius 2 is 2.00 bits per heavy atom. The first-order chi connectivity index (χ1) is 6.47. The van der Waals surface area contributed by atoms with E-state index in [4.69, 9.17) is 16.9 Å². The van der Waals surface area contributed by atoms with Gasteiger partial charge in [0.05, 0.1) is 0 Å². The van der Waals surface area contributed by atoms with Gasteiger partial charge in [0.25, 0.3) is 10.2 Å². The Hall–Kier alpha value is 0.120. The molecule has 0 aromatic rings. The van der Waals surface area contributed by atoms with Crippen LogP contribution in [0.1, 0.15) is 19.3 Å². The van der Waals surface area contributed by atoms with Crippen molar-refractivity contribution in [3.63, 3.8) is 0 Å². The maximum Gasteiger partial charge on any atom is 0.274 e. The van der Waals surface area contributed by atoms with E-state index < -0.39 is 10.2 Å². The molecule has 0 spiro atoms. The molecular formula is C7H16ClN3O2S. The molecular weight excluding hydrogens is 226 g/mol. The second-order valence-corrected chi connectivity index (χ2v) is 5.44. The molecule has 0 saturated carbocycles. The van der Waals surface area contributed by atoms with Crippen molar-refractivity contribution in [1.82, 2.24) is 9.14 Å². The molecule has 0 aliphatic carbocycles. The summed E-state index contributed by atoms with van der Waals surface area (Å²) in [6, 6.07) is 0. The van der Waals surface area contributed by atoms with Crippen LogP contribution in [0.3, 0.4) is 0 Å². The highest BCUT2D eigenvalue weighted by atomic mass is 35.5. The summed E-state index contributed by atoms with van der Waals surface area (Å²) in [4.78, 5) is 0. The van der Waals surface area contributed by atoms with E-state index in [1.807, 2.05) is 0 Å². The first-order valence-corrected chi connectivity index (χ1v) is 6.54. The molecule has 1 heterocycles. The Morgan fingerprint density at radius 1 is 1.43 bits per heavy atom. The zero-order chi connectivity index (χ0) is 10.6. The minimum Gasteiger partial charge on any atom is -0.220 e. The minimum absolute atomic E-state index is 0.422. The van der Waals surface area contributed by atoms with Crippen LogP contribution in [0.4, 0.5) is 0 Å². The predicted octanol–water partition coefficient (Wildman–Crippen LogP) is 0.0354. The fourth-order valence-corrected chi connectivity index (χ4v) is 2.19. The number of hydrogen-bond donors (Lipinski definition) is 2. The Morgan fingerprint density at radius 3 is 2.50 bits per heavy atom. The fraction of sp³-hybridized carbons (Fsp3) is 1.00. The molecule has 1 saturated heterocycles. The summed E-state index contributed by atoms with van der Waals surface area (Å²) in [5.74, 6) is 0.555. The lowest BCUT2D eigenvalue weighted by Gasteiger charge is -2.26. The first kappa shape index (κ1) is 12.2. The monoisotopic (exact) mass is 241 g/mol. The fourth-order valence-electron chi connectivity index (χ4n) is 1.60. The average Bonchev–Trinajstić information content (AvgIpc) is 2.06. The van der Waals surface area contributed by atoms with Crippen molar-refractivity contribution in [3.8, 4) is 0 Å². The molecule has 7 heteroatoms. The lowest BCUT2D eigenvalue weighted by Crippen LogP contribution is -2.34. The number of halogens is 1. The molecule has 14 heavy (non-hydrogen) atoms. The van der Waals surface area contributed by atoms with Crippen molar-refractivity contribution >= 4 is 22.0 Å². The van der Waals surface area contributed by atoms with Crippen LogP contribution in [0.2, 0.25) is 0 Å². The van der Waals surface area contributed by atoms with Crippen molar-refractivity contribution in [2.75, 3.05) is 19.6 Å². The molecule has 0 aromatic heterocycles. The molecule has 0 bridgehead atoms. The van der Waals surface area contributed by atoms with Crippen molar-refractivity contribution in [3.05, 3.63) is 0 Å². The molecule has 0 amide bonds. The third-order valence-electron chi connectivity index (χ3n) is 2.42. The van der Waals surface area contributed by atoms with Gasteiger partial charge in [-0.3, -0.25) is 0 Å². The zero-order valence-corrected chi connectivity index (χ0v) is 9.52.